The Bertz CT molecular complexity index is 1460. The second-order valence-corrected chi connectivity index (χ2v) is 9.06. The summed E-state index contributed by atoms with van der Waals surface area (Å²) in [6.45, 7) is 4.70. The number of rotatable bonds is 8. The summed E-state index contributed by atoms with van der Waals surface area (Å²) in [5.41, 5.74) is 1.54. The highest BCUT2D eigenvalue weighted by molar-refractivity contribution is 6.10. The molecule has 4 aromatic rings. The van der Waals surface area contributed by atoms with E-state index < -0.39 is 23.2 Å². The fourth-order valence-electron chi connectivity index (χ4n) is 4.56. The van der Waals surface area contributed by atoms with Crippen molar-refractivity contribution in [2.24, 2.45) is 0 Å². The van der Waals surface area contributed by atoms with Gasteiger partial charge < -0.3 is 9.15 Å². The molecular weight excluding hydrogens is 459 g/mol. The fraction of sp³-hybridized carbons (Fsp3) is 0.276. The number of amides is 1. The number of unbranched alkanes of at least 4 members (excludes halogenated alkanes) is 3. The molecule has 184 valence electrons. The van der Waals surface area contributed by atoms with E-state index in [0.717, 1.165) is 24.5 Å². The van der Waals surface area contributed by atoms with Crippen molar-refractivity contribution in [1.29, 1.82) is 0 Å². The summed E-state index contributed by atoms with van der Waals surface area (Å²) in [6.07, 6.45) is 6.12. The molecular formula is C29H27FN2O4. The highest BCUT2D eigenvalue weighted by Gasteiger charge is 2.44. The monoisotopic (exact) mass is 486 g/mol. The van der Waals surface area contributed by atoms with Crippen molar-refractivity contribution in [1.82, 2.24) is 4.98 Å². The van der Waals surface area contributed by atoms with Crippen molar-refractivity contribution in [3.8, 4) is 5.75 Å². The van der Waals surface area contributed by atoms with Crippen LogP contribution in [0.25, 0.3) is 11.0 Å². The number of ether oxygens (including phenoxy) is 1. The quantitative estimate of drug-likeness (QED) is 0.272. The molecule has 0 N–H and O–H groups in total. The first kappa shape index (κ1) is 23.7. The Kier molecular flexibility index (Phi) is 6.55. The van der Waals surface area contributed by atoms with Gasteiger partial charge >= 0.3 is 0 Å². The van der Waals surface area contributed by atoms with E-state index in [9.17, 15) is 14.0 Å². The van der Waals surface area contributed by atoms with Gasteiger partial charge in [0.2, 0.25) is 5.76 Å². The van der Waals surface area contributed by atoms with Crippen molar-refractivity contribution >= 4 is 22.7 Å². The summed E-state index contributed by atoms with van der Waals surface area (Å²) in [4.78, 5) is 33.1. The van der Waals surface area contributed by atoms with Crippen molar-refractivity contribution in [3.05, 3.63) is 99.3 Å². The Morgan fingerprint density at radius 1 is 1.03 bits per heavy atom. The van der Waals surface area contributed by atoms with E-state index in [-0.39, 0.29) is 22.3 Å². The van der Waals surface area contributed by atoms with Gasteiger partial charge in [-0.05, 0) is 60.9 Å². The molecule has 1 aliphatic heterocycles. The molecule has 1 atom stereocenters. The van der Waals surface area contributed by atoms with Crippen molar-refractivity contribution in [3.63, 3.8) is 0 Å². The maximum Gasteiger partial charge on any atom is 0.296 e. The molecule has 1 aliphatic rings. The lowest BCUT2D eigenvalue weighted by molar-refractivity contribution is 0.0970. The third kappa shape index (κ3) is 4.37. The van der Waals surface area contributed by atoms with Crippen LogP contribution in [-0.2, 0) is 0 Å². The molecule has 0 fully saturated rings. The van der Waals surface area contributed by atoms with Crippen LogP contribution in [0.1, 0.15) is 65.9 Å². The van der Waals surface area contributed by atoms with Gasteiger partial charge in [0.05, 0.1) is 23.6 Å². The number of hydrogen-bond acceptors (Lipinski definition) is 5. The van der Waals surface area contributed by atoms with Gasteiger partial charge in [-0.1, -0.05) is 44.4 Å². The maximum atomic E-state index is 14.0. The summed E-state index contributed by atoms with van der Waals surface area (Å²) in [5, 5.41) is 0.0947. The Labute approximate surface area is 208 Å². The van der Waals surface area contributed by atoms with Crippen LogP contribution in [0.15, 0.2) is 70.0 Å². The predicted molar refractivity (Wildman–Crippen MR) is 136 cm³/mol. The minimum atomic E-state index is -0.773. The van der Waals surface area contributed by atoms with Crippen LogP contribution in [0.5, 0.6) is 5.75 Å². The first-order valence-corrected chi connectivity index (χ1v) is 12.2. The van der Waals surface area contributed by atoms with E-state index >= 15 is 0 Å². The van der Waals surface area contributed by atoms with Crippen LogP contribution in [0.2, 0.25) is 0 Å². The third-order valence-electron chi connectivity index (χ3n) is 6.44. The molecule has 0 saturated carbocycles. The summed E-state index contributed by atoms with van der Waals surface area (Å²) >= 11 is 0. The number of benzene rings is 2. The highest BCUT2D eigenvalue weighted by Crippen LogP contribution is 2.41. The van der Waals surface area contributed by atoms with Gasteiger partial charge in [-0.25, -0.2) is 9.37 Å². The van der Waals surface area contributed by atoms with E-state index in [1.54, 1.807) is 12.3 Å². The number of aryl methyl sites for hydroxylation is 1. The number of carbonyl (C=O) groups is 1. The average molecular weight is 487 g/mol. The number of carbonyl (C=O) groups excluding carboxylic acids is 1. The highest BCUT2D eigenvalue weighted by atomic mass is 19.1. The van der Waals surface area contributed by atoms with Gasteiger partial charge in [-0.15, -0.1) is 0 Å². The molecule has 36 heavy (non-hydrogen) atoms. The second kappa shape index (κ2) is 9.93. The SMILES string of the molecule is CCCCCCOc1ccc(C2c3c(oc4ccc(F)cc4c3=O)C(=O)N2c2ccc(C)cn2)cc1. The summed E-state index contributed by atoms with van der Waals surface area (Å²) in [6, 6.07) is 13.9. The van der Waals surface area contributed by atoms with Gasteiger partial charge in [0, 0.05) is 6.20 Å². The van der Waals surface area contributed by atoms with Crippen LogP contribution in [-0.4, -0.2) is 17.5 Å². The molecule has 5 rings (SSSR count). The molecule has 7 heteroatoms. The van der Waals surface area contributed by atoms with Crippen LogP contribution in [0.4, 0.5) is 10.2 Å². The number of nitrogens with zero attached hydrogens (tertiary/aromatic N) is 2. The minimum Gasteiger partial charge on any atom is -0.494 e. The number of aromatic nitrogens is 1. The second-order valence-electron chi connectivity index (χ2n) is 9.06. The molecule has 1 amide bonds. The molecule has 3 heterocycles. The smallest absolute Gasteiger partial charge is 0.296 e. The normalized spacial score (nSPS) is 14.9. The van der Waals surface area contributed by atoms with Crippen molar-refractivity contribution in [2.75, 3.05) is 11.5 Å². The Morgan fingerprint density at radius 3 is 2.56 bits per heavy atom. The van der Waals surface area contributed by atoms with E-state index in [2.05, 4.69) is 11.9 Å². The fourth-order valence-corrected chi connectivity index (χ4v) is 4.56. The zero-order chi connectivity index (χ0) is 25.2. The third-order valence-corrected chi connectivity index (χ3v) is 6.44. The molecule has 0 aliphatic carbocycles. The van der Waals surface area contributed by atoms with E-state index in [0.29, 0.717) is 23.7 Å². The number of hydrogen-bond donors (Lipinski definition) is 0. The van der Waals surface area contributed by atoms with E-state index in [1.165, 1.54) is 29.9 Å². The summed E-state index contributed by atoms with van der Waals surface area (Å²) in [7, 11) is 0. The van der Waals surface area contributed by atoms with E-state index in [1.807, 2.05) is 37.3 Å². The number of halogens is 1. The van der Waals surface area contributed by atoms with Crippen LogP contribution in [0, 0.1) is 12.7 Å². The first-order valence-electron chi connectivity index (χ1n) is 12.2. The largest absolute Gasteiger partial charge is 0.494 e. The Hall–Kier alpha value is -4.00. The minimum absolute atomic E-state index is 0.0530. The van der Waals surface area contributed by atoms with Gasteiger partial charge in [0.15, 0.2) is 5.43 Å². The average Bonchev–Trinajstić information content (AvgIpc) is 3.18. The van der Waals surface area contributed by atoms with Crippen LogP contribution >= 0.6 is 0 Å². The molecule has 0 bridgehead atoms. The lowest BCUT2D eigenvalue weighted by Crippen LogP contribution is -2.30. The van der Waals surface area contributed by atoms with Crippen molar-refractivity contribution < 1.29 is 18.3 Å². The van der Waals surface area contributed by atoms with Gasteiger partial charge in [0.1, 0.15) is 23.0 Å². The summed E-state index contributed by atoms with van der Waals surface area (Å²) < 4.78 is 25.7. The zero-order valence-corrected chi connectivity index (χ0v) is 20.3. The molecule has 0 spiro atoms. The molecule has 0 radical (unpaired) electrons. The molecule has 6 nitrogen and oxygen atoms in total. The molecule has 0 saturated heterocycles. The number of pyridine rings is 1. The maximum absolute atomic E-state index is 14.0. The predicted octanol–water partition coefficient (Wildman–Crippen LogP) is 6.34. The number of anilines is 1. The van der Waals surface area contributed by atoms with E-state index in [4.69, 9.17) is 9.15 Å². The van der Waals surface area contributed by atoms with Crippen LogP contribution < -0.4 is 15.1 Å². The topological polar surface area (TPSA) is 72.6 Å². The first-order chi connectivity index (χ1) is 17.5. The molecule has 2 aromatic heterocycles. The standard InChI is InChI=1S/C29H27FN2O4/c1-3-4-5-6-15-35-21-11-8-19(9-12-21)26-25-27(33)22-16-20(30)10-13-23(22)36-28(25)29(34)32(26)24-14-7-18(2)17-31-24/h7-14,16-17,26H,3-6,15H2,1-2H3. The van der Waals surface area contributed by atoms with Gasteiger partial charge in [-0.2, -0.15) is 0 Å². The molecule has 1 unspecified atom stereocenters. The lowest BCUT2D eigenvalue weighted by Gasteiger charge is -2.24. The van der Waals surface area contributed by atoms with Gasteiger partial charge in [0.25, 0.3) is 5.91 Å². The Balaban J connectivity index is 1.57. The van der Waals surface area contributed by atoms with Crippen LogP contribution in [0.3, 0.4) is 0 Å². The lowest BCUT2D eigenvalue weighted by atomic mass is 9.98. The Morgan fingerprint density at radius 2 is 1.83 bits per heavy atom. The number of fused-ring (bicyclic) bond motifs is 2. The summed E-state index contributed by atoms with van der Waals surface area (Å²) in [5.74, 6) is 0.0436. The van der Waals surface area contributed by atoms with Crippen molar-refractivity contribution in [2.45, 2.75) is 45.6 Å². The molecule has 2 aromatic carbocycles. The zero-order valence-electron chi connectivity index (χ0n) is 20.3. The van der Waals surface area contributed by atoms with Gasteiger partial charge in [-0.3, -0.25) is 14.5 Å².